The molecule has 0 radical (unpaired) electrons. The van der Waals surface area contributed by atoms with Crippen LogP contribution in [0.1, 0.15) is 33.1 Å². The van der Waals surface area contributed by atoms with Gasteiger partial charge in [0.1, 0.15) is 0 Å². The lowest BCUT2D eigenvalue weighted by Crippen LogP contribution is -2.08. The molecule has 1 heterocycles. The Bertz CT molecular complexity index is 83.3. The second kappa shape index (κ2) is 4.55. The highest BCUT2D eigenvalue weighted by molar-refractivity contribution is 8.76. The van der Waals surface area contributed by atoms with Gasteiger partial charge in [0.15, 0.2) is 0 Å². The zero-order valence-corrected chi connectivity index (χ0v) is 8.43. The first kappa shape index (κ1) is 8.79. The molecule has 1 saturated heterocycles. The highest BCUT2D eigenvalue weighted by Gasteiger charge is 2.15. The fourth-order valence-electron chi connectivity index (χ4n) is 1.13. The summed E-state index contributed by atoms with van der Waals surface area (Å²) in [7, 11) is 4.18. The van der Waals surface area contributed by atoms with Crippen molar-refractivity contribution in [2.45, 2.75) is 38.4 Å². The standard InChI is InChI=1S/C8H16S2/c1-7(2)8-5-3-4-6-9-10-8/h7-8H,3-6H2,1-2H3. The normalized spacial score (nSPS) is 28.5. The minimum Gasteiger partial charge on any atom is -0.0939 e. The number of rotatable bonds is 1. The molecule has 10 heavy (non-hydrogen) atoms. The summed E-state index contributed by atoms with van der Waals surface area (Å²) in [5.74, 6) is 2.24. The quantitative estimate of drug-likeness (QED) is 0.560. The Morgan fingerprint density at radius 3 is 2.80 bits per heavy atom. The van der Waals surface area contributed by atoms with Gasteiger partial charge >= 0.3 is 0 Å². The number of hydrogen-bond acceptors (Lipinski definition) is 2. The van der Waals surface area contributed by atoms with E-state index in [9.17, 15) is 0 Å². The second-order valence-electron chi connectivity index (χ2n) is 3.20. The molecular weight excluding hydrogens is 160 g/mol. The van der Waals surface area contributed by atoms with E-state index in [0.29, 0.717) is 0 Å². The van der Waals surface area contributed by atoms with Gasteiger partial charge in [-0.1, -0.05) is 41.9 Å². The van der Waals surface area contributed by atoms with E-state index in [-0.39, 0.29) is 0 Å². The molecule has 0 aliphatic carbocycles. The fraction of sp³-hybridized carbons (Fsp3) is 1.00. The molecule has 2 heteroatoms. The van der Waals surface area contributed by atoms with Crippen LogP contribution in [0.2, 0.25) is 0 Å². The lowest BCUT2D eigenvalue weighted by atomic mass is 10.1. The first-order valence-corrected chi connectivity index (χ1v) is 6.47. The van der Waals surface area contributed by atoms with Crippen molar-refractivity contribution in [2.75, 3.05) is 5.75 Å². The molecule has 0 bridgehead atoms. The van der Waals surface area contributed by atoms with E-state index >= 15 is 0 Å². The van der Waals surface area contributed by atoms with Crippen LogP contribution in [0.5, 0.6) is 0 Å². The molecule has 0 N–H and O–H groups in total. The van der Waals surface area contributed by atoms with Crippen LogP contribution in [0.4, 0.5) is 0 Å². The summed E-state index contributed by atoms with van der Waals surface area (Å²) >= 11 is 0. The molecule has 1 rings (SSSR count). The predicted molar refractivity (Wildman–Crippen MR) is 52.5 cm³/mol. The first-order chi connectivity index (χ1) is 4.80. The Morgan fingerprint density at radius 2 is 2.10 bits per heavy atom. The molecule has 0 aromatic carbocycles. The minimum atomic E-state index is 0.871. The van der Waals surface area contributed by atoms with Gasteiger partial charge < -0.3 is 0 Å². The third-order valence-corrected chi connectivity index (χ3v) is 5.17. The molecule has 1 aliphatic rings. The van der Waals surface area contributed by atoms with Crippen LogP contribution in [0.3, 0.4) is 0 Å². The van der Waals surface area contributed by atoms with Gasteiger partial charge in [-0.05, 0) is 18.8 Å². The molecule has 1 aliphatic heterocycles. The highest BCUT2D eigenvalue weighted by Crippen LogP contribution is 2.37. The molecule has 0 nitrogen and oxygen atoms in total. The van der Waals surface area contributed by atoms with E-state index in [2.05, 4.69) is 35.4 Å². The third kappa shape index (κ3) is 2.75. The molecular formula is C8H16S2. The Hall–Kier alpha value is 0.700. The molecule has 0 spiro atoms. The molecule has 0 aromatic heterocycles. The van der Waals surface area contributed by atoms with Gasteiger partial charge in [0.2, 0.25) is 0 Å². The second-order valence-corrected chi connectivity index (χ2v) is 5.92. The zero-order valence-electron chi connectivity index (χ0n) is 6.80. The molecule has 1 fully saturated rings. The van der Waals surface area contributed by atoms with Crippen molar-refractivity contribution >= 4 is 21.6 Å². The van der Waals surface area contributed by atoms with Gasteiger partial charge in [-0.15, -0.1) is 0 Å². The predicted octanol–water partition coefficient (Wildman–Crippen LogP) is 3.58. The minimum absolute atomic E-state index is 0.871. The summed E-state index contributed by atoms with van der Waals surface area (Å²) in [5.41, 5.74) is 0. The van der Waals surface area contributed by atoms with Crippen LogP contribution in [-0.4, -0.2) is 11.0 Å². The number of hydrogen-bond donors (Lipinski definition) is 0. The van der Waals surface area contributed by atoms with Gasteiger partial charge in [-0.2, -0.15) is 0 Å². The molecule has 1 atom stereocenters. The summed E-state index contributed by atoms with van der Waals surface area (Å²) in [5, 5.41) is 0.924. The monoisotopic (exact) mass is 176 g/mol. The van der Waals surface area contributed by atoms with Crippen LogP contribution < -0.4 is 0 Å². The summed E-state index contributed by atoms with van der Waals surface area (Å²) < 4.78 is 0. The van der Waals surface area contributed by atoms with E-state index in [1.54, 1.807) is 0 Å². The molecule has 0 aromatic rings. The Morgan fingerprint density at radius 1 is 1.30 bits per heavy atom. The Kier molecular flexibility index (Phi) is 4.00. The topological polar surface area (TPSA) is 0 Å². The lowest BCUT2D eigenvalue weighted by Gasteiger charge is -2.15. The molecule has 0 saturated carbocycles. The van der Waals surface area contributed by atoms with Crippen LogP contribution in [-0.2, 0) is 0 Å². The van der Waals surface area contributed by atoms with Crippen LogP contribution >= 0.6 is 21.6 Å². The Labute approximate surface area is 71.9 Å². The summed E-state index contributed by atoms with van der Waals surface area (Å²) in [6.07, 6.45) is 4.32. The first-order valence-electron chi connectivity index (χ1n) is 4.09. The van der Waals surface area contributed by atoms with Crippen molar-refractivity contribution in [3.8, 4) is 0 Å². The Balaban J connectivity index is 2.28. The fourth-order valence-corrected chi connectivity index (χ4v) is 4.33. The van der Waals surface area contributed by atoms with Crippen molar-refractivity contribution in [1.29, 1.82) is 0 Å². The van der Waals surface area contributed by atoms with E-state index in [4.69, 9.17) is 0 Å². The van der Waals surface area contributed by atoms with E-state index in [0.717, 1.165) is 11.2 Å². The molecule has 0 amide bonds. The maximum Gasteiger partial charge on any atom is 0.0174 e. The molecule has 1 unspecified atom stereocenters. The van der Waals surface area contributed by atoms with E-state index in [1.807, 2.05) is 0 Å². The van der Waals surface area contributed by atoms with Crippen LogP contribution in [0.25, 0.3) is 0 Å². The average molecular weight is 176 g/mol. The van der Waals surface area contributed by atoms with Crippen LogP contribution in [0, 0.1) is 5.92 Å². The maximum atomic E-state index is 2.34. The summed E-state index contributed by atoms with van der Waals surface area (Å²) in [4.78, 5) is 0. The van der Waals surface area contributed by atoms with Crippen molar-refractivity contribution < 1.29 is 0 Å². The van der Waals surface area contributed by atoms with Gasteiger partial charge in [0.25, 0.3) is 0 Å². The van der Waals surface area contributed by atoms with Crippen molar-refractivity contribution in [3.63, 3.8) is 0 Å². The summed E-state index contributed by atoms with van der Waals surface area (Å²) in [6.45, 7) is 4.67. The smallest absolute Gasteiger partial charge is 0.0174 e. The van der Waals surface area contributed by atoms with Crippen molar-refractivity contribution in [3.05, 3.63) is 0 Å². The van der Waals surface area contributed by atoms with E-state index in [1.165, 1.54) is 25.0 Å². The van der Waals surface area contributed by atoms with Crippen LogP contribution in [0.15, 0.2) is 0 Å². The third-order valence-electron chi connectivity index (χ3n) is 1.90. The van der Waals surface area contributed by atoms with Crippen molar-refractivity contribution in [2.24, 2.45) is 5.92 Å². The SMILES string of the molecule is CC(C)C1CCCCSS1. The highest BCUT2D eigenvalue weighted by atomic mass is 33.1. The molecule has 60 valence electrons. The largest absolute Gasteiger partial charge is 0.0939 e. The van der Waals surface area contributed by atoms with Gasteiger partial charge in [0, 0.05) is 11.0 Å². The van der Waals surface area contributed by atoms with Gasteiger partial charge in [0.05, 0.1) is 0 Å². The maximum absolute atomic E-state index is 2.34. The van der Waals surface area contributed by atoms with Gasteiger partial charge in [-0.25, -0.2) is 0 Å². The average Bonchev–Trinajstić information content (AvgIpc) is 2.12. The summed E-state index contributed by atoms with van der Waals surface area (Å²) in [6, 6.07) is 0. The van der Waals surface area contributed by atoms with E-state index < -0.39 is 0 Å². The van der Waals surface area contributed by atoms with Gasteiger partial charge in [-0.3, -0.25) is 0 Å². The zero-order chi connectivity index (χ0) is 7.40. The lowest BCUT2D eigenvalue weighted by molar-refractivity contribution is 0.556. The van der Waals surface area contributed by atoms with Crippen molar-refractivity contribution in [1.82, 2.24) is 0 Å².